The van der Waals surface area contributed by atoms with Crippen LogP contribution in [0.1, 0.15) is 0 Å². The number of nitrogens with two attached hydrogens (primary N) is 1. The molecule has 0 aromatic carbocycles. The lowest BCUT2D eigenvalue weighted by Crippen LogP contribution is -2.08. The average Bonchev–Trinajstić information content (AvgIpc) is 2.08. The first kappa shape index (κ1) is 6.51. The first-order valence-corrected chi connectivity index (χ1v) is 4.04. The molecule has 0 amide bonds. The molecule has 0 saturated heterocycles. The molecule has 0 aliphatic carbocycles. The Morgan fingerprint density at radius 3 is 2.44 bits per heavy atom. The molecule has 0 aromatic heterocycles. The molecule has 1 aliphatic heterocycles. The third kappa shape index (κ3) is 1.04. The number of hydrogen-bond donors (Lipinski definition) is 1. The van der Waals surface area contributed by atoms with E-state index in [9.17, 15) is 8.42 Å². The standard InChI is InChI=1S/C5H7NO2S/c6-4-5-2-1-3-9(5,7)8/h1-3H,4,6H2. The normalized spacial score (nSPS) is 22.1. The van der Waals surface area contributed by atoms with Gasteiger partial charge >= 0.3 is 0 Å². The van der Waals surface area contributed by atoms with Crippen molar-refractivity contribution in [1.29, 1.82) is 0 Å². The Balaban J connectivity index is 3.07. The summed E-state index contributed by atoms with van der Waals surface area (Å²) in [6.45, 7) is 0.0926. The summed E-state index contributed by atoms with van der Waals surface area (Å²) in [5.41, 5.74) is 5.12. The van der Waals surface area contributed by atoms with Crippen molar-refractivity contribution >= 4 is 9.84 Å². The summed E-state index contributed by atoms with van der Waals surface area (Å²) < 4.78 is 21.5. The Morgan fingerprint density at radius 1 is 1.56 bits per heavy atom. The van der Waals surface area contributed by atoms with E-state index in [-0.39, 0.29) is 6.54 Å². The highest BCUT2D eigenvalue weighted by Crippen LogP contribution is 2.13. The van der Waals surface area contributed by atoms with Crippen molar-refractivity contribution in [3.8, 4) is 0 Å². The minimum Gasteiger partial charge on any atom is -0.326 e. The van der Waals surface area contributed by atoms with Crippen LogP contribution >= 0.6 is 0 Å². The fraction of sp³-hybridized carbons (Fsp3) is 0.200. The van der Waals surface area contributed by atoms with Gasteiger partial charge in [-0.15, -0.1) is 0 Å². The van der Waals surface area contributed by atoms with Gasteiger partial charge in [-0.05, 0) is 12.2 Å². The summed E-state index contributed by atoms with van der Waals surface area (Å²) in [6.07, 6.45) is 2.99. The van der Waals surface area contributed by atoms with Crippen LogP contribution in [-0.4, -0.2) is 15.0 Å². The average molecular weight is 145 g/mol. The Morgan fingerprint density at radius 2 is 2.22 bits per heavy atom. The van der Waals surface area contributed by atoms with Gasteiger partial charge in [0.1, 0.15) is 0 Å². The fourth-order valence-corrected chi connectivity index (χ4v) is 1.58. The lowest BCUT2D eigenvalue weighted by molar-refractivity contribution is 0.610. The maximum Gasteiger partial charge on any atom is 0.197 e. The zero-order valence-corrected chi connectivity index (χ0v) is 5.56. The molecule has 0 fully saturated rings. The fourth-order valence-electron chi connectivity index (χ4n) is 0.616. The Kier molecular flexibility index (Phi) is 1.42. The van der Waals surface area contributed by atoms with Crippen molar-refractivity contribution < 1.29 is 8.42 Å². The van der Waals surface area contributed by atoms with Crippen molar-refractivity contribution in [1.82, 2.24) is 0 Å². The minimum atomic E-state index is -3.08. The maximum absolute atomic E-state index is 10.8. The second-order valence-electron chi connectivity index (χ2n) is 1.71. The molecular weight excluding hydrogens is 138 g/mol. The second-order valence-corrected chi connectivity index (χ2v) is 3.60. The molecule has 0 unspecified atom stereocenters. The molecule has 0 radical (unpaired) electrons. The van der Waals surface area contributed by atoms with Gasteiger partial charge in [0, 0.05) is 12.0 Å². The van der Waals surface area contributed by atoms with E-state index in [0.717, 1.165) is 5.41 Å². The zero-order valence-electron chi connectivity index (χ0n) is 4.74. The molecule has 0 bridgehead atoms. The maximum atomic E-state index is 10.8. The number of rotatable bonds is 1. The molecule has 0 saturated carbocycles. The van der Waals surface area contributed by atoms with E-state index in [4.69, 9.17) is 5.73 Å². The summed E-state index contributed by atoms with van der Waals surface area (Å²) in [6, 6.07) is 0. The van der Waals surface area contributed by atoms with E-state index < -0.39 is 9.84 Å². The van der Waals surface area contributed by atoms with Crippen LogP contribution in [0.15, 0.2) is 22.5 Å². The van der Waals surface area contributed by atoms with Crippen LogP contribution in [0.25, 0.3) is 0 Å². The van der Waals surface area contributed by atoms with Gasteiger partial charge in [-0.1, -0.05) is 0 Å². The molecule has 0 aromatic rings. The second kappa shape index (κ2) is 1.97. The molecule has 4 heteroatoms. The van der Waals surface area contributed by atoms with E-state index in [0.29, 0.717) is 4.91 Å². The summed E-state index contributed by atoms with van der Waals surface area (Å²) in [7, 11) is -3.08. The van der Waals surface area contributed by atoms with Crippen molar-refractivity contribution in [2.24, 2.45) is 5.73 Å². The van der Waals surface area contributed by atoms with Crippen LogP contribution in [0.5, 0.6) is 0 Å². The lowest BCUT2D eigenvalue weighted by atomic mass is 10.5. The molecule has 3 nitrogen and oxygen atoms in total. The summed E-state index contributed by atoms with van der Waals surface area (Å²) in [5, 5.41) is 1.15. The predicted molar refractivity (Wildman–Crippen MR) is 35.2 cm³/mol. The number of allylic oxidation sites excluding steroid dienone is 2. The third-order valence-corrected chi connectivity index (χ3v) is 2.66. The zero-order chi connectivity index (χ0) is 6.91. The number of sulfone groups is 1. The van der Waals surface area contributed by atoms with Crippen molar-refractivity contribution in [2.45, 2.75) is 0 Å². The molecule has 50 valence electrons. The quantitative estimate of drug-likeness (QED) is 0.554. The van der Waals surface area contributed by atoms with E-state index in [2.05, 4.69) is 0 Å². The van der Waals surface area contributed by atoms with E-state index in [1.807, 2.05) is 0 Å². The number of hydrogen-bond acceptors (Lipinski definition) is 3. The monoisotopic (exact) mass is 145 g/mol. The van der Waals surface area contributed by atoms with Crippen LogP contribution in [0.3, 0.4) is 0 Å². The lowest BCUT2D eigenvalue weighted by Gasteiger charge is -1.93. The Hall–Kier alpha value is -0.610. The van der Waals surface area contributed by atoms with Gasteiger partial charge in [0.05, 0.1) is 4.91 Å². The largest absolute Gasteiger partial charge is 0.326 e. The highest BCUT2D eigenvalue weighted by atomic mass is 32.2. The Bertz CT molecular complexity index is 261. The van der Waals surface area contributed by atoms with Gasteiger partial charge in [-0.3, -0.25) is 0 Å². The SMILES string of the molecule is NCC1=CC=CS1(=O)=O. The van der Waals surface area contributed by atoms with E-state index in [1.165, 1.54) is 12.2 Å². The summed E-state index contributed by atoms with van der Waals surface area (Å²) in [5.74, 6) is 0. The van der Waals surface area contributed by atoms with Gasteiger partial charge in [0.15, 0.2) is 9.84 Å². The summed E-state index contributed by atoms with van der Waals surface area (Å²) >= 11 is 0. The van der Waals surface area contributed by atoms with Crippen LogP contribution in [-0.2, 0) is 9.84 Å². The van der Waals surface area contributed by atoms with Gasteiger partial charge in [-0.25, -0.2) is 8.42 Å². The predicted octanol–water partition coefficient (Wildman–Crippen LogP) is -0.229. The highest BCUT2D eigenvalue weighted by molar-refractivity contribution is 7.98. The molecular formula is C5H7NO2S. The molecule has 9 heavy (non-hydrogen) atoms. The van der Waals surface area contributed by atoms with Crippen LogP contribution in [0, 0.1) is 0 Å². The first-order valence-electron chi connectivity index (χ1n) is 2.49. The summed E-state index contributed by atoms with van der Waals surface area (Å²) in [4.78, 5) is 0.294. The van der Waals surface area contributed by atoms with Crippen LogP contribution in [0.4, 0.5) is 0 Å². The molecule has 1 aliphatic rings. The molecule has 2 N–H and O–H groups in total. The third-order valence-electron chi connectivity index (χ3n) is 1.11. The van der Waals surface area contributed by atoms with Gasteiger partial charge in [0.25, 0.3) is 0 Å². The molecule has 1 heterocycles. The topological polar surface area (TPSA) is 60.2 Å². The minimum absolute atomic E-state index is 0.0926. The van der Waals surface area contributed by atoms with Crippen molar-refractivity contribution in [2.75, 3.05) is 6.54 Å². The smallest absolute Gasteiger partial charge is 0.197 e. The first-order chi connectivity index (χ1) is 4.17. The van der Waals surface area contributed by atoms with Gasteiger partial charge in [0.2, 0.25) is 0 Å². The van der Waals surface area contributed by atoms with Gasteiger partial charge < -0.3 is 5.73 Å². The van der Waals surface area contributed by atoms with E-state index in [1.54, 1.807) is 0 Å². The van der Waals surface area contributed by atoms with Crippen LogP contribution in [0.2, 0.25) is 0 Å². The Labute approximate surface area is 53.8 Å². The van der Waals surface area contributed by atoms with Gasteiger partial charge in [-0.2, -0.15) is 0 Å². The molecule has 0 atom stereocenters. The highest BCUT2D eigenvalue weighted by Gasteiger charge is 2.14. The van der Waals surface area contributed by atoms with E-state index >= 15 is 0 Å². The van der Waals surface area contributed by atoms with Crippen LogP contribution < -0.4 is 5.73 Å². The molecule has 1 rings (SSSR count). The van der Waals surface area contributed by atoms with Crippen molar-refractivity contribution in [3.63, 3.8) is 0 Å². The van der Waals surface area contributed by atoms with Crippen molar-refractivity contribution in [3.05, 3.63) is 22.5 Å². The molecule has 0 spiro atoms.